The third kappa shape index (κ3) is 3.81. The maximum atomic E-state index is 12.4. The van der Waals surface area contributed by atoms with Gasteiger partial charge < -0.3 is 9.84 Å². The molecule has 3 aromatic carbocycles. The van der Waals surface area contributed by atoms with E-state index >= 15 is 0 Å². The van der Waals surface area contributed by atoms with Crippen molar-refractivity contribution in [3.8, 4) is 5.75 Å². The maximum absolute atomic E-state index is 12.4. The summed E-state index contributed by atoms with van der Waals surface area (Å²) in [5, 5.41) is 12.1. The number of carbonyl (C=O) groups is 2. The highest BCUT2D eigenvalue weighted by molar-refractivity contribution is 6.09. The number of allylic oxidation sites excluding steroid dienone is 1. The van der Waals surface area contributed by atoms with Gasteiger partial charge in [-0.2, -0.15) is 0 Å². The summed E-state index contributed by atoms with van der Waals surface area (Å²) in [4.78, 5) is 24.2. The van der Waals surface area contributed by atoms with Crippen LogP contribution in [0.25, 0.3) is 16.8 Å². The number of rotatable bonds is 5. The van der Waals surface area contributed by atoms with Crippen molar-refractivity contribution in [2.75, 3.05) is 6.61 Å². The molecule has 0 bridgehead atoms. The number of esters is 1. The molecule has 3 rings (SSSR count). The summed E-state index contributed by atoms with van der Waals surface area (Å²) >= 11 is 0. The second-order valence-electron chi connectivity index (χ2n) is 5.76. The van der Waals surface area contributed by atoms with Crippen molar-refractivity contribution in [3.63, 3.8) is 0 Å². The van der Waals surface area contributed by atoms with E-state index in [1.54, 1.807) is 13.0 Å². The summed E-state index contributed by atoms with van der Waals surface area (Å²) in [6, 6.07) is 17.9. The number of ether oxygens (including phenoxy) is 1. The Morgan fingerprint density at radius 2 is 1.77 bits per heavy atom. The van der Waals surface area contributed by atoms with E-state index in [9.17, 15) is 14.7 Å². The Kier molecular flexibility index (Phi) is 5.13. The second kappa shape index (κ2) is 7.66. The van der Waals surface area contributed by atoms with E-state index in [1.807, 2.05) is 42.5 Å². The number of hydrogen-bond acceptors (Lipinski definition) is 4. The van der Waals surface area contributed by atoms with Gasteiger partial charge in [-0.1, -0.05) is 42.5 Å². The number of hydrogen-bond donors (Lipinski definition) is 1. The van der Waals surface area contributed by atoms with Gasteiger partial charge in [0.25, 0.3) is 0 Å². The van der Waals surface area contributed by atoms with Crippen LogP contribution in [0.5, 0.6) is 5.75 Å². The molecule has 0 radical (unpaired) electrons. The molecule has 3 aromatic rings. The number of benzene rings is 3. The van der Waals surface area contributed by atoms with Crippen LogP contribution in [-0.4, -0.2) is 23.5 Å². The van der Waals surface area contributed by atoms with E-state index in [0.717, 1.165) is 16.3 Å². The van der Waals surface area contributed by atoms with E-state index < -0.39 is 5.97 Å². The van der Waals surface area contributed by atoms with Crippen molar-refractivity contribution in [2.45, 2.75) is 6.92 Å². The number of aromatic hydroxyl groups is 1. The molecule has 0 aromatic heterocycles. The van der Waals surface area contributed by atoms with Gasteiger partial charge in [0.15, 0.2) is 5.78 Å². The minimum atomic E-state index is -0.528. The smallest absolute Gasteiger partial charge is 0.338 e. The van der Waals surface area contributed by atoms with E-state index in [1.165, 1.54) is 24.3 Å². The SMILES string of the molecule is CCOC(=O)c1ccc(O)c(C(=O)/C=C/c2ccc3ccccc3c2)c1. The minimum absolute atomic E-state index is 0.0626. The van der Waals surface area contributed by atoms with Gasteiger partial charge in [0.1, 0.15) is 5.75 Å². The standard InChI is InChI=1S/C22H18O4/c1-2-26-22(25)18-10-12-21(24)19(14-18)20(23)11-8-15-7-9-16-5-3-4-6-17(16)13-15/h3-14,24H,2H2,1H3/b11-8+. The average molecular weight is 346 g/mol. The lowest BCUT2D eigenvalue weighted by Gasteiger charge is -2.05. The number of phenols is 1. The Balaban J connectivity index is 1.85. The fraction of sp³-hybridized carbons (Fsp3) is 0.0909. The molecule has 0 aliphatic carbocycles. The van der Waals surface area contributed by atoms with E-state index in [4.69, 9.17) is 4.74 Å². The van der Waals surface area contributed by atoms with Gasteiger partial charge in [0, 0.05) is 0 Å². The molecule has 0 atom stereocenters. The fourth-order valence-electron chi connectivity index (χ4n) is 2.65. The van der Waals surface area contributed by atoms with Crippen molar-refractivity contribution >= 4 is 28.6 Å². The molecule has 1 N–H and O–H groups in total. The van der Waals surface area contributed by atoms with E-state index in [-0.39, 0.29) is 29.3 Å². The Morgan fingerprint density at radius 3 is 2.54 bits per heavy atom. The molecule has 26 heavy (non-hydrogen) atoms. The number of ketones is 1. The van der Waals surface area contributed by atoms with Gasteiger partial charge in [-0.25, -0.2) is 4.79 Å². The lowest BCUT2D eigenvalue weighted by molar-refractivity contribution is 0.0526. The predicted molar refractivity (Wildman–Crippen MR) is 101 cm³/mol. The normalized spacial score (nSPS) is 11.0. The lowest BCUT2D eigenvalue weighted by Crippen LogP contribution is -2.06. The zero-order valence-corrected chi connectivity index (χ0v) is 14.3. The fourth-order valence-corrected chi connectivity index (χ4v) is 2.65. The third-order valence-corrected chi connectivity index (χ3v) is 3.97. The van der Waals surface area contributed by atoms with Crippen LogP contribution in [-0.2, 0) is 4.74 Å². The van der Waals surface area contributed by atoms with E-state index in [0.29, 0.717) is 0 Å². The van der Waals surface area contributed by atoms with Gasteiger partial charge in [-0.15, -0.1) is 0 Å². The molecule has 4 nitrogen and oxygen atoms in total. The highest BCUT2D eigenvalue weighted by atomic mass is 16.5. The molecule has 0 unspecified atom stereocenters. The molecule has 130 valence electrons. The number of carbonyl (C=O) groups excluding carboxylic acids is 2. The van der Waals surface area contributed by atoms with Crippen LogP contribution in [0.2, 0.25) is 0 Å². The molecule has 0 amide bonds. The summed E-state index contributed by atoms with van der Waals surface area (Å²) in [7, 11) is 0. The van der Waals surface area contributed by atoms with Gasteiger partial charge >= 0.3 is 5.97 Å². The second-order valence-corrected chi connectivity index (χ2v) is 5.76. The summed E-state index contributed by atoms with van der Waals surface area (Å²) in [5.41, 5.74) is 1.16. The van der Waals surface area contributed by atoms with Crippen LogP contribution in [0, 0.1) is 0 Å². The molecule has 0 saturated heterocycles. The largest absolute Gasteiger partial charge is 0.507 e. The van der Waals surface area contributed by atoms with Crippen molar-refractivity contribution in [2.24, 2.45) is 0 Å². The number of fused-ring (bicyclic) bond motifs is 1. The molecule has 0 saturated carbocycles. The summed E-state index contributed by atoms with van der Waals surface area (Å²) in [6.45, 7) is 1.95. The average Bonchev–Trinajstić information content (AvgIpc) is 2.66. The van der Waals surface area contributed by atoms with E-state index in [2.05, 4.69) is 0 Å². The Morgan fingerprint density at radius 1 is 1.00 bits per heavy atom. The first kappa shape index (κ1) is 17.4. The first-order valence-electron chi connectivity index (χ1n) is 8.30. The first-order valence-corrected chi connectivity index (χ1v) is 8.30. The van der Waals surface area contributed by atoms with Crippen LogP contribution in [0.4, 0.5) is 0 Å². The van der Waals surface area contributed by atoms with Gasteiger partial charge in [-0.05, 0) is 53.6 Å². The molecule has 0 aliphatic heterocycles. The van der Waals surface area contributed by atoms with Gasteiger partial charge in [0.2, 0.25) is 0 Å². The monoisotopic (exact) mass is 346 g/mol. The molecule has 0 heterocycles. The molecular weight excluding hydrogens is 328 g/mol. The third-order valence-electron chi connectivity index (χ3n) is 3.97. The molecule has 0 spiro atoms. The van der Waals surface area contributed by atoms with Gasteiger partial charge in [0.05, 0.1) is 17.7 Å². The minimum Gasteiger partial charge on any atom is -0.507 e. The maximum Gasteiger partial charge on any atom is 0.338 e. The molecule has 0 aliphatic rings. The highest BCUT2D eigenvalue weighted by Crippen LogP contribution is 2.21. The Hall–Kier alpha value is -3.40. The Bertz CT molecular complexity index is 1000. The summed E-state index contributed by atoms with van der Waals surface area (Å²) in [5.74, 6) is -1.09. The molecule has 0 fully saturated rings. The van der Waals surface area contributed by atoms with Crippen LogP contribution >= 0.6 is 0 Å². The van der Waals surface area contributed by atoms with Crippen molar-refractivity contribution in [1.29, 1.82) is 0 Å². The van der Waals surface area contributed by atoms with Crippen LogP contribution < -0.4 is 0 Å². The van der Waals surface area contributed by atoms with Crippen LogP contribution in [0.15, 0.2) is 66.7 Å². The van der Waals surface area contributed by atoms with Crippen molar-refractivity contribution in [1.82, 2.24) is 0 Å². The molecule has 4 heteroatoms. The zero-order valence-electron chi connectivity index (χ0n) is 14.3. The lowest BCUT2D eigenvalue weighted by atomic mass is 10.0. The topological polar surface area (TPSA) is 63.6 Å². The zero-order chi connectivity index (χ0) is 18.5. The van der Waals surface area contributed by atoms with Crippen LogP contribution in [0.3, 0.4) is 0 Å². The number of phenolic OH excluding ortho intramolecular Hbond substituents is 1. The summed E-state index contributed by atoms with van der Waals surface area (Å²) < 4.78 is 4.92. The summed E-state index contributed by atoms with van der Waals surface area (Å²) in [6.07, 6.45) is 3.07. The van der Waals surface area contributed by atoms with Crippen LogP contribution in [0.1, 0.15) is 33.2 Å². The quantitative estimate of drug-likeness (QED) is 0.416. The Labute approximate surface area is 151 Å². The predicted octanol–water partition coefficient (Wildman–Crippen LogP) is 4.62. The molecular formula is C22H18O4. The van der Waals surface area contributed by atoms with Crippen molar-refractivity contribution < 1.29 is 19.4 Å². The highest BCUT2D eigenvalue weighted by Gasteiger charge is 2.14. The van der Waals surface area contributed by atoms with Gasteiger partial charge in [-0.3, -0.25) is 4.79 Å². The van der Waals surface area contributed by atoms with Crippen molar-refractivity contribution in [3.05, 3.63) is 83.4 Å². The first-order chi connectivity index (χ1) is 12.6.